The van der Waals surface area contributed by atoms with Crippen molar-refractivity contribution < 1.29 is 23.4 Å². The van der Waals surface area contributed by atoms with Crippen molar-refractivity contribution in [1.29, 1.82) is 0 Å². The van der Waals surface area contributed by atoms with E-state index in [9.17, 15) is 13.2 Å². The smallest absolute Gasteiger partial charge is 0.346 e. The van der Waals surface area contributed by atoms with E-state index in [1.54, 1.807) is 6.92 Å². The maximum Gasteiger partial charge on any atom is 0.346 e. The molecule has 0 aliphatic rings. The van der Waals surface area contributed by atoms with Gasteiger partial charge in [0.25, 0.3) is 0 Å². The molecule has 8 heteroatoms. The molecule has 0 saturated carbocycles. The zero-order chi connectivity index (χ0) is 15.6. The second-order valence-corrected chi connectivity index (χ2v) is 8.39. The predicted octanol–water partition coefficient (Wildman–Crippen LogP) is 1.44. The van der Waals surface area contributed by atoms with Crippen molar-refractivity contribution >= 4 is 27.3 Å². The Bertz CT molecular complexity index is 589. The number of rotatable bonds is 7. The highest BCUT2D eigenvalue weighted by atomic mass is 32.2. The molecule has 1 heterocycles. The van der Waals surface area contributed by atoms with Crippen LogP contribution in [0.25, 0.3) is 0 Å². The molecule has 20 heavy (non-hydrogen) atoms. The average molecular weight is 321 g/mol. The first-order chi connectivity index (χ1) is 9.09. The van der Waals surface area contributed by atoms with Gasteiger partial charge in [0, 0.05) is 13.2 Å². The summed E-state index contributed by atoms with van der Waals surface area (Å²) in [5.74, 6) is -1.13. The lowest BCUT2D eigenvalue weighted by Crippen LogP contribution is -2.34. The number of aliphatic hydroxyl groups is 1. The fourth-order valence-corrected chi connectivity index (χ4v) is 4.21. The lowest BCUT2D eigenvalue weighted by Gasteiger charge is -2.23. The molecular formula is C12H19NO5S2. The molecule has 0 spiro atoms. The molecule has 3 N–H and O–H groups in total. The van der Waals surface area contributed by atoms with Crippen LogP contribution in [0.15, 0.2) is 10.3 Å². The van der Waals surface area contributed by atoms with E-state index in [1.807, 2.05) is 13.8 Å². The Morgan fingerprint density at radius 3 is 2.50 bits per heavy atom. The maximum absolute atomic E-state index is 12.1. The molecule has 0 fully saturated rings. The molecule has 0 radical (unpaired) electrons. The number of aromatic carboxylic acids is 1. The Kier molecular flexibility index (Phi) is 5.31. The van der Waals surface area contributed by atoms with Crippen LogP contribution in [0, 0.1) is 12.3 Å². The molecule has 1 aromatic rings. The molecule has 0 saturated heterocycles. The SMILES string of the molecule is Cc1cc(S(=O)(=O)NCC(C)(C)CCO)sc1C(=O)O. The summed E-state index contributed by atoms with van der Waals surface area (Å²) in [5, 5.41) is 17.8. The maximum atomic E-state index is 12.1. The van der Waals surface area contributed by atoms with E-state index in [-0.39, 0.29) is 27.7 Å². The minimum atomic E-state index is -3.72. The van der Waals surface area contributed by atoms with Gasteiger partial charge in [-0.15, -0.1) is 11.3 Å². The summed E-state index contributed by atoms with van der Waals surface area (Å²) in [6.07, 6.45) is 0.472. The number of hydrogen-bond donors (Lipinski definition) is 3. The van der Waals surface area contributed by atoms with Gasteiger partial charge in [0.1, 0.15) is 9.09 Å². The predicted molar refractivity (Wildman–Crippen MR) is 76.7 cm³/mol. The zero-order valence-corrected chi connectivity index (χ0v) is 13.3. The number of carboxylic acid groups (broad SMARTS) is 1. The van der Waals surface area contributed by atoms with E-state index in [1.165, 1.54) is 6.07 Å². The van der Waals surface area contributed by atoms with Crippen LogP contribution < -0.4 is 4.72 Å². The number of aliphatic hydroxyl groups excluding tert-OH is 1. The van der Waals surface area contributed by atoms with Gasteiger partial charge in [0.15, 0.2) is 0 Å². The molecule has 0 unspecified atom stereocenters. The van der Waals surface area contributed by atoms with Crippen LogP contribution >= 0.6 is 11.3 Å². The lowest BCUT2D eigenvalue weighted by molar-refractivity contribution is 0.0701. The van der Waals surface area contributed by atoms with E-state index in [4.69, 9.17) is 10.2 Å². The van der Waals surface area contributed by atoms with E-state index in [2.05, 4.69) is 4.72 Å². The van der Waals surface area contributed by atoms with Crippen molar-refractivity contribution in [2.45, 2.75) is 31.4 Å². The van der Waals surface area contributed by atoms with Crippen LogP contribution in [0.4, 0.5) is 0 Å². The fraction of sp³-hybridized carbons (Fsp3) is 0.583. The van der Waals surface area contributed by atoms with Crippen molar-refractivity contribution in [3.8, 4) is 0 Å². The molecule has 114 valence electrons. The Hall–Kier alpha value is -0.960. The topological polar surface area (TPSA) is 104 Å². The van der Waals surface area contributed by atoms with Gasteiger partial charge in [-0.25, -0.2) is 17.9 Å². The second kappa shape index (κ2) is 6.21. The highest BCUT2D eigenvalue weighted by Crippen LogP contribution is 2.27. The summed E-state index contributed by atoms with van der Waals surface area (Å²) >= 11 is 0.739. The lowest BCUT2D eigenvalue weighted by atomic mass is 9.90. The highest BCUT2D eigenvalue weighted by molar-refractivity contribution is 7.91. The number of sulfonamides is 1. The molecule has 0 atom stereocenters. The largest absolute Gasteiger partial charge is 0.477 e. The van der Waals surface area contributed by atoms with Gasteiger partial charge in [-0.2, -0.15) is 0 Å². The van der Waals surface area contributed by atoms with Crippen LogP contribution in [0.1, 0.15) is 35.5 Å². The second-order valence-electron chi connectivity index (χ2n) is 5.35. The van der Waals surface area contributed by atoms with Gasteiger partial charge < -0.3 is 10.2 Å². The van der Waals surface area contributed by atoms with Gasteiger partial charge in [-0.05, 0) is 30.4 Å². The van der Waals surface area contributed by atoms with Crippen molar-refractivity contribution in [2.24, 2.45) is 5.41 Å². The van der Waals surface area contributed by atoms with E-state index < -0.39 is 16.0 Å². The number of aryl methyl sites for hydroxylation is 1. The summed E-state index contributed by atoms with van der Waals surface area (Å²) < 4.78 is 26.7. The van der Waals surface area contributed by atoms with E-state index >= 15 is 0 Å². The summed E-state index contributed by atoms with van der Waals surface area (Å²) in [5.41, 5.74) is 0.0570. The Morgan fingerprint density at radius 1 is 1.45 bits per heavy atom. The van der Waals surface area contributed by atoms with Gasteiger partial charge >= 0.3 is 5.97 Å². The summed E-state index contributed by atoms with van der Waals surface area (Å²) in [6, 6.07) is 1.36. The number of carbonyl (C=O) groups is 1. The van der Waals surface area contributed by atoms with Gasteiger partial charge in [-0.3, -0.25) is 0 Å². The molecule has 6 nitrogen and oxygen atoms in total. The van der Waals surface area contributed by atoms with E-state index in [0.717, 1.165) is 11.3 Å². The van der Waals surface area contributed by atoms with Crippen molar-refractivity contribution in [3.05, 3.63) is 16.5 Å². The van der Waals surface area contributed by atoms with Crippen molar-refractivity contribution in [3.63, 3.8) is 0 Å². The third-order valence-corrected chi connectivity index (χ3v) is 5.98. The van der Waals surface area contributed by atoms with Crippen LogP contribution in [-0.4, -0.2) is 37.8 Å². The van der Waals surface area contributed by atoms with Crippen molar-refractivity contribution in [1.82, 2.24) is 4.72 Å². The minimum Gasteiger partial charge on any atom is -0.477 e. The standard InChI is InChI=1S/C12H19NO5S2/c1-8-6-9(19-10(8)11(15)16)20(17,18)13-7-12(2,3)4-5-14/h6,13-14H,4-5,7H2,1-3H3,(H,15,16). The van der Waals surface area contributed by atoms with Crippen LogP contribution in [-0.2, 0) is 10.0 Å². The third kappa shape index (κ3) is 4.27. The fourth-order valence-electron chi connectivity index (χ4n) is 1.55. The van der Waals surface area contributed by atoms with Crippen LogP contribution in [0.2, 0.25) is 0 Å². The number of nitrogens with one attached hydrogen (secondary N) is 1. The molecular weight excluding hydrogens is 302 g/mol. The first-order valence-corrected chi connectivity index (χ1v) is 8.33. The van der Waals surface area contributed by atoms with Gasteiger partial charge in [0.05, 0.1) is 0 Å². The molecule has 1 rings (SSSR count). The monoisotopic (exact) mass is 321 g/mol. The zero-order valence-electron chi connectivity index (χ0n) is 11.6. The van der Waals surface area contributed by atoms with Gasteiger partial charge in [-0.1, -0.05) is 13.8 Å². The quantitative estimate of drug-likeness (QED) is 0.705. The van der Waals surface area contributed by atoms with E-state index in [0.29, 0.717) is 12.0 Å². The molecule has 1 aromatic heterocycles. The number of hydrogen-bond acceptors (Lipinski definition) is 5. The normalized spacial score (nSPS) is 12.6. The Balaban J connectivity index is 2.90. The first kappa shape index (κ1) is 17.1. The molecule has 0 aromatic carbocycles. The average Bonchev–Trinajstić information content (AvgIpc) is 2.70. The number of thiophene rings is 1. The Labute approximate surface area is 122 Å². The number of carboxylic acids is 1. The summed E-state index contributed by atoms with van der Waals surface area (Å²) in [7, 11) is -3.72. The molecule has 0 bridgehead atoms. The molecule has 0 amide bonds. The molecule has 0 aliphatic heterocycles. The van der Waals surface area contributed by atoms with Crippen LogP contribution in [0.3, 0.4) is 0 Å². The minimum absolute atomic E-state index is 0.00722. The first-order valence-electron chi connectivity index (χ1n) is 6.03. The van der Waals surface area contributed by atoms with Gasteiger partial charge in [0.2, 0.25) is 10.0 Å². The third-order valence-electron chi connectivity index (χ3n) is 2.88. The molecule has 0 aliphatic carbocycles. The summed E-state index contributed by atoms with van der Waals surface area (Å²) in [4.78, 5) is 11.0. The Morgan fingerprint density at radius 2 is 2.05 bits per heavy atom. The summed E-state index contributed by atoms with van der Waals surface area (Å²) in [6.45, 7) is 5.40. The highest BCUT2D eigenvalue weighted by Gasteiger charge is 2.25. The van der Waals surface area contributed by atoms with Crippen LogP contribution in [0.5, 0.6) is 0 Å². The van der Waals surface area contributed by atoms with Crippen molar-refractivity contribution in [2.75, 3.05) is 13.2 Å².